The Morgan fingerprint density at radius 3 is 2.16 bits per heavy atom. The number of amides is 1. The van der Waals surface area contributed by atoms with Crippen LogP contribution in [-0.4, -0.2) is 17.4 Å². The van der Waals surface area contributed by atoms with E-state index >= 15 is 0 Å². The van der Waals surface area contributed by atoms with Crippen LogP contribution in [0.4, 0.5) is 18.9 Å². The van der Waals surface area contributed by atoms with Gasteiger partial charge >= 0.3 is 6.36 Å². The second kappa shape index (κ2) is 6.35. The molecule has 2 N–H and O–H groups in total. The van der Waals surface area contributed by atoms with Gasteiger partial charge in [-0.1, -0.05) is 24.3 Å². The summed E-state index contributed by atoms with van der Waals surface area (Å²) in [6, 6.07) is 15.0. The number of halogens is 3. The number of aromatic hydroxyl groups is 1. The number of fused-ring (bicyclic) bond motifs is 1. The first kappa shape index (κ1) is 16.6. The molecular formula is C18H12F3NO3. The van der Waals surface area contributed by atoms with E-state index < -0.39 is 12.3 Å². The number of benzene rings is 3. The van der Waals surface area contributed by atoms with Crippen molar-refractivity contribution in [2.24, 2.45) is 0 Å². The lowest BCUT2D eigenvalue weighted by Gasteiger charge is -2.11. The molecule has 25 heavy (non-hydrogen) atoms. The Morgan fingerprint density at radius 1 is 0.960 bits per heavy atom. The van der Waals surface area contributed by atoms with Crippen LogP contribution in [0.1, 0.15) is 10.4 Å². The van der Waals surface area contributed by atoms with Crippen LogP contribution >= 0.6 is 0 Å². The SMILES string of the molecule is O=C(Nc1ccc(OC(F)(F)F)cc1)c1cc2ccccc2cc1O. The van der Waals surface area contributed by atoms with E-state index in [0.29, 0.717) is 0 Å². The molecule has 3 aromatic rings. The molecule has 0 atom stereocenters. The molecule has 128 valence electrons. The van der Waals surface area contributed by atoms with Crippen LogP contribution in [0.5, 0.6) is 11.5 Å². The van der Waals surface area contributed by atoms with Gasteiger partial charge in [-0.15, -0.1) is 13.2 Å². The summed E-state index contributed by atoms with van der Waals surface area (Å²) >= 11 is 0. The fourth-order valence-electron chi connectivity index (χ4n) is 2.35. The first-order valence-corrected chi connectivity index (χ1v) is 7.21. The number of phenolic OH excluding ortho intramolecular Hbond substituents is 1. The molecule has 0 aliphatic heterocycles. The molecule has 3 rings (SSSR count). The van der Waals surface area contributed by atoms with Gasteiger partial charge in [0.05, 0.1) is 5.56 Å². The van der Waals surface area contributed by atoms with Crippen molar-refractivity contribution in [3.05, 3.63) is 66.2 Å². The van der Waals surface area contributed by atoms with Gasteiger partial charge in [-0.05, 0) is 47.2 Å². The average Bonchev–Trinajstić information content (AvgIpc) is 2.54. The van der Waals surface area contributed by atoms with Crippen LogP contribution < -0.4 is 10.1 Å². The van der Waals surface area contributed by atoms with Gasteiger partial charge in [-0.2, -0.15) is 0 Å². The first-order chi connectivity index (χ1) is 11.8. The Balaban J connectivity index is 1.79. The van der Waals surface area contributed by atoms with Crippen LogP contribution in [0.2, 0.25) is 0 Å². The summed E-state index contributed by atoms with van der Waals surface area (Å²) in [7, 11) is 0. The zero-order chi connectivity index (χ0) is 18.0. The van der Waals surface area contributed by atoms with Crippen molar-refractivity contribution in [2.45, 2.75) is 6.36 Å². The number of rotatable bonds is 3. The van der Waals surface area contributed by atoms with E-state index in [9.17, 15) is 23.1 Å². The molecule has 1 amide bonds. The number of alkyl halides is 3. The Morgan fingerprint density at radius 2 is 1.56 bits per heavy atom. The van der Waals surface area contributed by atoms with Crippen LogP contribution in [0, 0.1) is 0 Å². The Bertz CT molecular complexity index is 921. The first-order valence-electron chi connectivity index (χ1n) is 7.21. The quantitative estimate of drug-likeness (QED) is 0.722. The average molecular weight is 347 g/mol. The smallest absolute Gasteiger partial charge is 0.507 e. The van der Waals surface area contributed by atoms with Crippen molar-refractivity contribution in [3.8, 4) is 11.5 Å². The van der Waals surface area contributed by atoms with Crippen molar-refractivity contribution in [1.29, 1.82) is 0 Å². The summed E-state index contributed by atoms with van der Waals surface area (Å²) in [6.07, 6.45) is -4.78. The summed E-state index contributed by atoms with van der Waals surface area (Å²) in [5.74, 6) is -1.15. The van der Waals surface area contributed by atoms with E-state index in [2.05, 4.69) is 10.1 Å². The molecule has 0 aromatic heterocycles. The normalized spacial score (nSPS) is 11.3. The maximum absolute atomic E-state index is 12.3. The van der Waals surface area contributed by atoms with E-state index in [1.54, 1.807) is 24.3 Å². The molecule has 0 heterocycles. The fourth-order valence-corrected chi connectivity index (χ4v) is 2.35. The van der Waals surface area contributed by atoms with Crippen LogP contribution in [0.25, 0.3) is 10.8 Å². The highest BCUT2D eigenvalue weighted by Crippen LogP contribution is 2.27. The molecule has 3 aromatic carbocycles. The topological polar surface area (TPSA) is 58.6 Å². The second-order valence-corrected chi connectivity index (χ2v) is 5.24. The van der Waals surface area contributed by atoms with Gasteiger partial charge < -0.3 is 15.2 Å². The zero-order valence-electron chi connectivity index (χ0n) is 12.7. The van der Waals surface area contributed by atoms with Crippen LogP contribution in [-0.2, 0) is 0 Å². The van der Waals surface area contributed by atoms with Gasteiger partial charge in [0, 0.05) is 5.69 Å². The van der Waals surface area contributed by atoms with E-state index in [-0.39, 0.29) is 22.7 Å². The minimum Gasteiger partial charge on any atom is -0.507 e. The lowest BCUT2D eigenvalue weighted by molar-refractivity contribution is -0.274. The summed E-state index contributed by atoms with van der Waals surface area (Å²) < 4.78 is 40.1. The third-order valence-electron chi connectivity index (χ3n) is 3.45. The third-order valence-corrected chi connectivity index (χ3v) is 3.45. The van der Waals surface area contributed by atoms with E-state index in [4.69, 9.17) is 0 Å². The Hall–Kier alpha value is -3.22. The highest BCUT2D eigenvalue weighted by Gasteiger charge is 2.31. The van der Waals surface area contributed by atoms with Crippen molar-refractivity contribution in [1.82, 2.24) is 0 Å². The zero-order valence-corrected chi connectivity index (χ0v) is 12.7. The number of nitrogens with one attached hydrogen (secondary N) is 1. The molecule has 7 heteroatoms. The molecule has 0 unspecified atom stereocenters. The molecule has 0 aliphatic rings. The predicted octanol–water partition coefficient (Wildman–Crippen LogP) is 4.70. The molecular weight excluding hydrogens is 335 g/mol. The summed E-state index contributed by atoms with van der Waals surface area (Å²) in [5, 5.41) is 14.1. The number of phenols is 1. The Labute approximate surface area is 140 Å². The number of hydrogen-bond donors (Lipinski definition) is 2. The van der Waals surface area contributed by atoms with E-state index in [0.717, 1.165) is 22.9 Å². The molecule has 0 fully saturated rings. The third kappa shape index (κ3) is 4.00. The van der Waals surface area contributed by atoms with Gasteiger partial charge in [0.1, 0.15) is 11.5 Å². The van der Waals surface area contributed by atoms with Gasteiger partial charge in [0.15, 0.2) is 0 Å². The predicted molar refractivity (Wildman–Crippen MR) is 86.7 cm³/mol. The number of anilines is 1. The lowest BCUT2D eigenvalue weighted by atomic mass is 10.1. The number of carbonyl (C=O) groups excluding carboxylic acids is 1. The largest absolute Gasteiger partial charge is 0.573 e. The highest BCUT2D eigenvalue weighted by atomic mass is 19.4. The maximum atomic E-state index is 12.3. The van der Waals surface area contributed by atoms with E-state index in [1.165, 1.54) is 18.2 Å². The minimum absolute atomic E-state index is 0.0642. The molecule has 0 spiro atoms. The van der Waals surface area contributed by atoms with Crippen LogP contribution in [0.3, 0.4) is 0 Å². The Kier molecular flexibility index (Phi) is 4.22. The number of hydrogen-bond acceptors (Lipinski definition) is 3. The van der Waals surface area contributed by atoms with Gasteiger partial charge in [0.2, 0.25) is 0 Å². The molecule has 0 radical (unpaired) electrons. The van der Waals surface area contributed by atoms with Crippen molar-refractivity contribution >= 4 is 22.4 Å². The number of ether oxygens (including phenoxy) is 1. The second-order valence-electron chi connectivity index (χ2n) is 5.24. The molecule has 0 aliphatic carbocycles. The molecule has 4 nitrogen and oxygen atoms in total. The molecule has 0 bridgehead atoms. The highest BCUT2D eigenvalue weighted by molar-refractivity contribution is 6.08. The fraction of sp³-hybridized carbons (Fsp3) is 0.0556. The number of carbonyl (C=O) groups is 1. The maximum Gasteiger partial charge on any atom is 0.573 e. The monoisotopic (exact) mass is 347 g/mol. The van der Waals surface area contributed by atoms with Crippen molar-refractivity contribution < 1.29 is 27.8 Å². The van der Waals surface area contributed by atoms with Gasteiger partial charge in [-0.25, -0.2) is 0 Å². The summed E-state index contributed by atoms with van der Waals surface area (Å²) in [6.45, 7) is 0. The van der Waals surface area contributed by atoms with Gasteiger partial charge in [0.25, 0.3) is 5.91 Å². The van der Waals surface area contributed by atoms with Gasteiger partial charge in [-0.3, -0.25) is 4.79 Å². The van der Waals surface area contributed by atoms with Crippen molar-refractivity contribution in [2.75, 3.05) is 5.32 Å². The summed E-state index contributed by atoms with van der Waals surface area (Å²) in [5.41, 5.74) is 0.335. The standard InChI is InChI=1S/C18H12F3NO3/c19-18(20,21)25-14-7-5-13(6-8-14)22-17(24)15-9-11-3-1-2-4-12(11)10-16(15)23/h1-10,23H,(H,22,24). The van der Waals surface area contributed by atoms with Crippen molar-refractivity contribution in [3.63, 3.8) is 0 Å². The van der Waals surface area contributed by atoms with E-state index in [1.807, 2.05) is 6.07 Å². The lowest BCUT2D eigenvalue weighted by Crippen LogP contribution is -2.17. The minimum atomic E-state index is -4.78. The summed E-state index contributed by atoms with van der Waals surface area (Å²) in [4.78, 5) is 12.3. The van der Waals surface area contributed by atoms with Crippen LogP contribution in [0.15, 0.2) is 60.7 Å². The molecule has 0 saturated heterocycles. The molecule has 0 saturated carbocycles.